The van der Waals surface area contributed by atoms with Gasteiger partial charge < -0.3 is 15.2 Å². The molecule has 0 aliphatic rings. The van der Waals surface area contributed by atoms with E-state index in [1.807, 2.05) is 13.0 Å². The number of amides is 1. The van der Waals surface area contributed by atoms with Crippen LogP contribution in [0.2, 0.25) is 0 Å². The highest BCUT2D eigenvalue weighted by Crippen LogP contribution is 2.16. The molecule has 2 N–H and O–H groups in total. The highest BCUT2D eigenvalue weighted by molar-refractivity contribution is 5.96. The lowest BCUT2D eigenvalue weighted by atomic mass is 10.1. The topological polar surface area (TPSA) is 58.6 Å². The van der Waals surface area contributed by atoms with Crippen LogP contribution < -0.4 is 10.1 Å². The number of hydrogen-bond acceptors (Lipinski definition) is 3. The van der Waals surface area contributed by atoms with Crippen molar-refractivity contribution in [2.75, 3.05) is 13.7 Å². The minimum atomic E-state index is -0.487. The van der Waals surface area contributed by atoms with Crippen LogP contribution in [-0.2, 0) is 0 Å². The number of hydrogen-bond donors (Lipinski definition) is 2. The Kier molecular flexibility index (Phi) is 5.49. The van der Waals surface area contributed by atoms with Crippen molar-refractivity contribution in [1.82, 2.24) is 5.32 Å². The van der Waals surface area contributed by atoms with Crippen LogP contribution in [0, 0.1) is 0 Å². The molecule has 0 saturated heterocycles. The van der Waals surface area contributed by atoms with Crippen molar-refractivity contribution < 1.29 is 14.6 Å². The summed E-state index contributed by atoms with van der Waals surface area (Å²) in [6.07, 6.45) is 1.09. The van der Waals surface area contributed by atoms with Gasteiger partial charge in [-0.3, -0.25) is 4.79 Å². The lowest BCUT2D eigenvalue weighted by Crippen LogP contribution is -2.32. The van der Waals surface area contributed by atoms with Crippen LogP contribution in [0.15, 0.2) is 24.3 Å². The molecule has 4 nitrogen and oxygen atoms in total. The molecule has 1 amide bonds. The van der Waals surface area contributed by atoms with Crippen LogP contribution in [0.25, 0.3) is 0 Å². The number of para-hydroxylation sites is 1. The molecule has 0 radical (unpaired) electrons. The molecular weight excluding hydrogens is 218 g/mol. The lowest BCUT2D eigenvalue weighted by Gasteiger charge is -2.12. The molecule has 1 aromatic carbocycles. The van der Waals surface area contributed by atoms with Crippen LogP contribution in [-0.4, -0.2) is 30.8 Å². The molecule has 1 unspecified atom stereocenters. The first kappa shape index (κ1) is 13.5. The van der Waals surface area contributed by atoms with Gasteiger partial charge in [-0.05, 0) is 18.6 Å². The standard InChI is InChI=1S/C13H19NO3/c1-3-6-10(15)9-14-13(16)11-7-4-5-8-12(11)17-2/h4-5,7-8,10,15H,3,6,9H2,1-2H3,(H,14,16). The molecule has 0 aliphatic heterocycles. The normalized spacial score (nSPS) is 11.9. The molecule has 4 heteroatoms. The molecule has 1 rings (SSSR count). The average molecular weight is 237 g/mol. The van der Waals surface area contributed by atoms with Crippen LogP contribution in [0.4, 0.5) is 0 Å². The number of carbonyl (C=O) groups excluding carboxylic acids is 1. The minimum Gasteiger partial charge on any atom is -0.496 e. The summed E-state index contributed by atoms with van der Waals surface area (Å²) in [5.41, 5.74) is 0.485. The van der Waals surface area contributed by atoms with Gasteiger partial charge in [-0.15, -0.1) is 0 Å². The Hall–Kier alpha value is -1.55. The van der Waals surface area contributed by atoms with E-state index in [2.05, 4.69) is 5.32 Å². The fraction of sp³-hybridized carbons (Fsp3) is 0.462. The molecule has 0 spiro atoms. The molecule has 1 aromatic rings. The fourth-order valence-corrected chi connectivity index (χ4v) is 1.57. The SMILES string of the molecule is CCCC(O)CNC(=O)c1ccccc1OC. The van der Waals surface area contributed by atoms with Gasteiger partial charge in [0.2, 0.25) is 0 Å². The van der Waals surface area contributed by atoms with E-state index in [-0.39, 0.29) is 12.5 Å². The first-order valence-corrected chi connectivity index (χ1v) is 5.78. The van der Waals surface area contributed by atoms with E-state index >= 15 is 0 Å². The number of benzene rings is 1. The van der Waals surface area contributed by atoms with Crippen molar-refractivity contribution in [3.8, 4) is 5.75 Å². The zero-order valence-electron chi connectivity index (χ0n) is 10.3. The Morgan fingerprint density at radius 2 is 2.18 bits per heavy atom. The van der Waals surface area contributed by atoms with E-state index in [0.717, 1.165) is 6.42 Å². The molecule has 17 heavy (non-hydrogen) atoms. The fourth-order valence-electron chi connectivity index (χ4n) is 1.57. The summed E-state index contributed by atoms with van der Waals surface area (Å²) in [7, 11) is 1.53. The number of aliphatic hydroxyl groups excluding tert-OH is 1. The third-order valence-corrected chi connectivity index (χ3v) is 2.47. The van der Waals surface area contributed by atoms with Gasteiger partial charge in [0.25, 0.3) is 5.91 Å². The molecule has 0 heterocycles. The van der Waals surface area contributed by atoms with Crippen LogP contribution in [0.3, 0.4) is 0 Å². The summed E-state index contributed by atoms with van der Waals surface area (Å²) in [6.45, 7) is 2.26. The van der Waals surface area contributed by atoms with Crippen LogP contribution in [0.1, 0.15) is 30.1 Å². The number of aliphatic hydroxyl groups is 1. The largest absolute Gasteiger partial charge is 0.496 e. The van der Waals surface area contributed by atoms with Gasteiger partial charge in [-0.1, -0.05) is 25.5 Å². The molecule has 1 atom stereocenters. The summed E-state index contributed by atoms with van der Waals surface area (Å²) in [6, 6.07) is 7.01. The maximum atomic E-state index is 11.8. The van der Waals surface area contributed by atoms with Gasteiger partial charge in [-0.25, -0.2) is 0 Å². The number of nitrogens with one attached hydrogen (secondary N) is 1. The Morgan fingerprint density at radius 3 is 2.82 bits per heavy atom. The quantitative estimate of drug-likeness (QED) is 0.790. The van der Waals surface area contributed by atoms with Crippen molar-refractivity contribution in [3.63, 3.8) is 0 Å². The van der Waals surface area contributed by atoms with Crippen molar-refractivity contribution in [2.24, 2.45) is 0 Å². The van der Waals surface area contributed by atoms with E-state index < -0.39 is 6.10 Å². The Labute approximate surface area is 102 Å². The molecule has 0 aliphatic carbocycles. The van der Waals surface area contributed by atoms with Crippen molar-refractivity contribution in [1.29, 1.82) is 0 Å². The molecule has 0 aromatic heterocycles. The number of rotatable bonds is 6. The van der Waals surface area contributed by atoms with Gasteiger partial charge in [0.05, 0.1) is 18.8 Å². The first-order valence-electron chi connectivity index (χ1n) is 5.78. The first-order chi connectivity index (χ1) is 8.19. The monoisotopic (exact) mass is 237 g/mol. The van der Waals surface area contributed by atoms with E-state index in [9.17, 15) is 9.90 Å². The van der Waals surface area contributed by atoms with Gasteiger partial charge in [0.1, 0.15) is 5.75 Å². The summed E-state index contributed by atoms with van der Waals surface area (Å²) < 4.78 is 5.10. The van der Waals surface area contributed by atoms with Gasteiger partial charge in [-0.2, -0.15) is 0 Å². The lowest BCUT2D eigenvalue weighted by molar-refractivity contribution is 0.0907. The maximum Gasteiger partial charge on any atom is 0.255 e. The third-order valence-electron chi connectivity index (χ3n) is 2.47. The molecule has 0 saturated carbocycles. The van der Waals surface area contributed by atoms with E-state index in [0.29, 0.717) is 17.7 Å². The summed E-state index contributed by atoms with van der Waals surface area (Å²) in [5.74, 6) is 0.313. The van der Waals surface area contributed by atoms with Crippen molar-refractivity contribution in [2.45, 2.75) is 25.9 Å². The average Bonchev–Trinajstić information content (AvgIpc) is 2.36. The predicted molar refractivity (Wildman–Crippen MR) is 66.2 cm³/mol. The zero-order valence-corrected chi connectivity index (χ0v) is 10.3. The molecule has 94 valence electrons. The summed E-state index contributed by atoms with van der Waals surface area (Å²) in [5, 5.41) is 12.2. The predicted octanol–water partition coefficient (Wildman–Crippen LogP) is 1.59. The minimum absolute atomic E-state index is 0.224. The highest BCUT2D eigenvalue weighted by Gasteiger charge is 2.12. The highest BCUT2D eigenvalue weighted by atomic mass is 16.5. The zero-order chi connectivity index (χ0) is 12.7. The molecular formula is C13H19NO3. The van der Waals surface area contributed by atoms with Gasteiger partial charge in [0.15, 0.2) is 0 Å². The summed E-state index contributed by atoms with van der Waals surface area (Å²) in [4.78, 5) is 11.8. The van der Waals surface area contributed by atoms with E-state index in [1.165, 1.54) is 7.11 Å². The van der Waals surface area contributed by atoms with Gasteiger partial charge >= 0.3 is 0 Å². The van der Waals surface area contributed by atoms with Crippen LogP contribution in [0.5, 0.6) is 5.75 Å². The van der Waals surface area contributed by atoms with Crippen LogP contribution >= 0.6 is 0 Å². The smallest absolute Gasteiger partial charge is 0.255 e. The molecule has 0 bridgehead atoms. The van der Waals surface area contributed by atoms with E-state index in [1.54, 1.807) is 18.2 Å². The number of ether oxygens (including phenoxy) is 1. The maximum absolute atomic E-state index is 11.8. The Morgan fingerprint density at radius 1 is 1.47 bits per heavy atom. The number of methoxy groups -OCH3 is 1. The second kappa shape index (κ2) is 6.91. The van der Waals surface area contributed by atoms with Crippen molar-refractivity contribution in [3.05, 3.63) is 29.8 Å². The Balaban J connectivity index is 2.58. The molecule has 0 fully saturated rings. The van der Waals surface area contributed by atoms with E-state index in [4.69, 9.17) is 4.74 Å². The third kappa shape index (κ3) is 4.07. The van der Waals surface area contributed by atoms with Gasteiger partial charge in [0, 0.05) is 6.54 Å². The second-order valence-corrected chi connectivity index (χ2v) is 3.85. The Bertz CT molecular complexity index is 365. The van der Waals surface area contributed by atoms with Crippen molar-refractivity contribution >= 4 is 5.91 Å². The second-order valence-electron chi connectivity index (χ2n) is 3.85. The number of carbonyl (C=O) groups is 1. The summed E-state index contributed by atoms with van der Waals surface area (Å²) >= 11 is 0.